The minimum atomic E-state index is 0. The molecule has 0 spiro atoms. The predicted molar refractivity (Wildman–Crippen MR) is 87.0 cm³/mol. The van der Waals surface area contributed by atoms with E-state index in [4.69, 9.17) is 10.5 Å². The van der Waals surface area contributed by atoms with E-state index in [0.717, 1.165) is 62.2 Å². The molecule has 4 nitrogen and oxygen atoms in total. The van der Waals surface area contributed by atoms with Crippen LogP contribution in [0.15, 0.2) is 18.2 Å². The van der Waals surface area contributed by atoms with E-state index in [-0.39, 0.29) is 24.4 Å². The van der Waals surface area contributed by atoms with Gasteiger partial charge in [-0.3, -0.25) is 4.79 Å². The minimum Gasteiger partial charge on any atom is -0.398 e. The Bertz CT molecular complexity index is 501. The first kappa shape index (κ1) is 16.1. The Balaban J connectivity index is 0.00000161. The highest BCUT2D eigenvalue weighted by Gasteiger charge is 2.25. The summed E-state index contributed by atoms with van der Waals surface area (Å²) in [7, 11) is 0. The van der Waals surface area contributed by atoms with Crippen LogP contribution in [0.4, 0.5) is 11.4 Å². The summed E-state index contributed by atoms with van der Waals surface area (Å²) in [5.41, 5.74) is 8.96. The Morgan fingerprint density at radius 1 is 1.38 bits per heavy atom. The molecule has 2 N–H and O–H groups in total. The highest BCUT2D eigenvalue weighted by molar-refractivity contribution is 5.95. The van der Waals surface area contributed by atoms with Crippen molar-refractivity contribution in [2.45, 2.75) is 44.6 Å². The average Bonchev–Trinajstić information content (AvgIpc) is 2.98. The van der Waals surface area contributed by atoms with Crippen molar-refractivity contribution in [2.24, 2.45) is 0 Å². The number of fused-ring (bicyclic) bond motifs is 1. The van der Waals surface area contributed by atoms with Gasteiger partial charge in [0.25, 0.3) is 0 Å². The van der Waals surface area contributed by atoms with Crippen molar-refractivity contribution in [3.8, 4) is 0 Å². The summed E-state index contributed by atoms with van der Waals surface area (Å²) in [6.45, 7) is 1.66. The molecular weight excluding hydrogens is 288 g/mol. The summed E-state index contributed by atoms with van der Waals surface area (Å²) in [6, 6.07) is 5.86. The molecule has 1 amide bonds. The topological polar surface area (TPSA) is 55.6 Å². The second kappa shape index (κ2) is 7.14. The molecule has 1 saturated heterocycles. The number of nitrogen functional groups attached to an aromatic ring is 1. The van der Waals surface area contributed by atoms with Crippen LogP contribution in [0, 0.1) is 0 Å². The van der Waals surface area contributed by atoms with Crippen LogP contribution >= 0.6 is 12.4 Å². The smallest absolute Gasteiger partial charge is 0.227 e. The number of carbonyl (C=O) groups is 1. The Morgan fingerprint density at radius 3 is 3.00 bits per heavy atom. The molecule has 0 bridgehead atoms. The number of rotatable bonds is 3. The monoisotopic (exact) mass is 310 g/mol. The summed E-state index contributed by atoms with van der Waals surface area (Å²) in [4.78, 5) is 14.4. The predicted octanol–water partition coefficient (Wildman–Crippen LogP) is 2.93. The summed E-state index contributed by atoms with van der Waals surface area (Å²) >= 11 is 0. The standard InChI is InChI=1S/C16H22N2O2.ClH/c17-14-6-1-7-15-13(14)5-2-10-18(15)16(19)9-8-12-4-3-11-20-12;/h1,6-7,12H,2-5,8-11,17H2;1H. The third-order valence-corrected chi connectivity index (χ3v) is 4.29. The molecule has 1 unspecified atom stereocenters. The molecule has 21 heavy (non-hydrogen) atoms. The van der Waals surface area contributed by atoms with Crippen molar-refractivity contribution < 1.29 is 9.53 Å². The lowest BCUT2D eigenvalue weighted by atomic mass is 9.99. The van der Waals surface area contributed by atoms with Crippen LogP contribution in [-0.2, 0) is 16.0 Å². The number of nitrogens with two attached hydrogens (primary N) is 1. The van der Waals surface area contributed by atoms with E-state index >= 15 is 0 Å². The van der Waals surface area contributed by atoms with Gasteiger partial charge in [0.05, 0.1) is 6.10 Å². The minimum absolute atomic E-state index is 0. The lowest BCUT2D eigenvalue weighted by Crippen LogP contribution is -2.36. The van der Waals surface area contributed by atoms with Gasteiger partial charge in [0, 0.05) is 30.9 Å². The molecule has 116 valence electrons. The Hall–Kier alpha value is -1.26. The van der Waals surface area contributed by atoms with E-state index < -0.39 is 0 Å². The van der Waals surface area contributed by atoms with E-state index in [9.17, 15) is 4.79 Å². The van der Waals surface area contributed by atoms with E-state index in [1.807, 2.05) is 23.1 Å². The first-order chi connectivity index (χ1) is 9.75. The van der Waals surface area contributed by atoms with Crippen molar-refractivity contribution in [1.29, 1.82) is 0 Å². The van der Waals surface area contributed by atoms with E-state index in [1.54, 1.807) is 0 Å². The molecule has 0 aromatic heterocycles. The molecule has 0 radical (unpaired) electrons. The number of ether oxygens (including phenoxy) is 1. The molecule has 0 aliphatic carbocycles. The van der Waals surface area contributed by atoms with Gasteiger partial charge < -0.3 is 15.4 Å². The first-order valence-corrected chi connectivity index (χ1v) is 7.55. The molecular formula is C16H23ClN2O2. The SMILES string of the molecule is Cl.Nc1cccc2c1CCCN2C(=O)CCC1CCCO1. The fraction of sp³-hybridized carbons (Fsp3) is 0.562. The molecule has 2 aliphatic rings. The zero-order valence-corrected chi connectivity index (χ0v) is 13.0. The number of benzene rings is 1. The number of hydrogen-bond donors (Lipinski definition) is 1. The molecule has 1 aromatic rings. The van der Waals surface area contributed by atoms with Crippen molar-refractivity contribution >= 4 is 29.7 Å². The quantitative estimate of drug-likeness (QED) is 0.873. The van der Waals surface area contributed by atoms with Crippen LogP contribution in [0.5, 0.6) is 0 Å². The van der Waals surface area contributed by atoms with Gasteiger partial charge in [-0.1, -0.05) is 6.07 Å². The number of hydrogen-bond acceptors (Lipinski definition) is 3. The summed E-state index contributed by atoms with van der Waals surface area (Å²) < 4.78 is 5.59. The van der Waals surface area contributed by atoms with Gasteiger partial charge in [0.1, 0.15) is 0 Å². The zero-order valence-electron chi connectivity index (χ0n) is 12.2. The van der Waals surface area contributed by atoms with Gasteiger partial charge in [0.2, 0.25) is 5.91 Å². The molecule has 3 rings (SSSR count). The molecule has 0 saturated carbocycles. The van der Waals surface area contributed by atoms with Crippen molar-refractivity contribution in [3.05, 3.63) is 23.8 Å². The number of halogens is 1. The molecule has 2 aliphatic heterocycles. The van der Waals surface area contributed by atoms with E-state index in [1.165, 1.54) is 0 Å². The average molecular weight is 311 g/mol. The zero-order chi connectivity index (χ0) is 13.9. The highest BCUT2D eigenvalue weighted by atomic mass is 35.5. The third kappa shape index (κ3) is 3.50. The number of nitrogens with zero attached hydrogens (tertiary/aromatic N) is 1. The molecule has 1 atom stereocenters. The second-order valence-electron chi connectivity index (χ2n) is 5.67. The van der Waals surface area contributed by atoms with Gasteiger partial charge in [-0.2, -0.15) is 0 Å². The van der Waals surface area contributed by atoms with Gasteiger partial charge in [-0.05, 0) is 49.8 Å². The van der Waals surface area contributed by atoms with Crippen molar-refractivity contribution in [1.82, 2.24) is 0 Å². The Labute approximate surface area is 132 Å². The van der Waals surface area contributed by atoms with Gasteiger partial charge >= 0.3 is 0 Å². The summed E-state index contributed by atoms with van der Waals surface area (Å²) in [5, 5.41) is 0. The fourth-order valence-corrected chi connectivity index (χ4v) is 3.20. The lowest BCUT2D eigenvalue weighted by molar-refractivity contribution is -0.119. The molecule has 2 heterocycles. The van der Waals surface area contributed by atoms with Crippen LogP contribution in [0.3, 0.4) is 0 Å². The molecule has 5 heteroatoms. The van der Waals surface area contributed by atoms with Crippen molar-refractivity contribution in [2.75, 3.05) is 23.8 Å². The van der Waals surface area contributed by atoms with Gasteiger partial charge in [-0.25, -0.2) is 0 Å². The maximum atomic E-state index is 12.5. The molecule has 1 fully saturated rings. The normalized spacial score (nSPS) is 20.8. The van der Waals surface area contributed by atoms with Crippen LogP contribution in [0.25, 0.3) is 0 Å². The largest absolute Gasteiger partial charge is 0.398 e. The maximum Gasteiger partial charge on any atom is 0.227 e. The van der Waals surface area contributed by atoms with Crippen LogP contribution in [0.1, 0.15) is 37.7 Å². The summed E-state index contributed by atoms with van der Waals surface area (Å²) in [5.74, 6) is 0.201. The van der Waals surface area contributed by atoms with Crippen LogP contribution in [-0.4, -0.2) is 25.2 Å². The Morgan fingerprint density at radius 2 is 2.24 bits per heavy atom. The number of anilines is 2. The van der Waals surface area contributed by atoms with Gasteiger partial charge in [0.15, 0.2) is 0 Å². The van der Waals surface area contributed by atoms with Crippen LogP contribution < -0.4 is 10.6 Å². The van der Waals surface area contributed by atoms with E-state index in [0.29, 0.717) is 6.42 Å². The summed E-state index contributed by atoms with van der Waals surface area (Å²) in [6.07, 6.45) is 5.87. The lowest BCUT2D eigenvalue weighted by Gasteiger charge is -2.30. The van der Waals surface area contributed by atoms with Gasteiger partial charge in [-0.15, -0.1) is 12.4 Å². The second-order valence-corrected chi connectivity index (χ2v) is 5.67. The van der Waals surface area contributed by atoms with Crippen LogP contribution in [0.2, 0.25) is 0 Å². The maximum absolute atomic E-state index is 12.5. The van der Waals surface area contributed by atoms with Crippen molar-refractivity contribution in [3.63, 3.8) is 0 Å². The number of carbonyl (C=O) groups excluding carboxylic acids is 1. The first-order valence-electron chi connectivity index (χ1n) is 7.55. The number of amides is 1. The Kier molecular flexibility index (Phi) is 5.48. The third-order valence-electron chi connectivity index (χ3n) is 4.29. The fourth-order valence-electron chi connectivity index (χ4n) is 3.20. The highest BCUT2D eigenvalue weighted by Crippen LogP contribution is 2.32. The molecule has 1 aromatic carbocycles. The van der Waals surface area contributed by atoms with E-state index in [2.05, 4.69) is 0 Å².